The number of carbonyl (C=O) groups excluding carboxylic acids is 2. The second kappa shape index (κ2) is 9.05. The molecule has 1 aliphatic carbocycles. The van der Waals surface area contributed by atoms with Crippen LogP contribution < -0.4 is 10.5 Å². The van der Waals surface area contributed by atoms with Crippen molar-refractivity contribution in [3.63, 3.8) is 0 Å². The molecule has 1 aliphatic heterocycles. The average molecular weight is 457 g/mol. The van der Waals surface area contributed by atoms with Gasteiger partial charge in [-0.2, -0.15) is 0 Å². The van der Waals surface area contributed by atoms with Crippen molar-refractivity contribution in [3.8, 4) is 11.6 Å². The summed E-state index contributed by atoms with van der Waals surface area (Å²) in [5, 5.41) is 4.68. The van der Waals surface area contributed by atoms with Crippen molar-refractivity contribution in [1.29, 1.82) is 0 Å². The second-order valence-electron chi connectivity index (χ2n) is 9.48. The Morgan fingerprint density at radius 1 is 1.18 bits per heavy atom. The van der Waals surface area contributed by atoms with E-state index in [9.17, 15) is 9.59 Å². The predicted octanol–water partition coefficient (Wildman–Crippen LogP) is 3.09. The molecule has 2 N–H and O–H groups in total. The minimum atomic E-state index is -0.631. The van der Waals surface area contributed by atoms with E-state index in [0.29, 0.717) is 24.4 Å². The minimum absolute atomic E-state index is 0.160. The lowest BCUT2D eigenvalue weighted by Crippen LogP contribution is -2.45. The van der Waals surface area contributed by atoms with Crippen molar-refractivity contribution in [2.45, 2.75) is 57.6 Å². The van der Waals surface area contributed by atoms with E-state index in [2.05, 4.69) is 17.2 Å². The first-order valence-electron chi connectivity index (χ1n) is 11.3. The number of nitrogens with two attached hydrogens (primary N) is 1. The largest absolute Gasteiger partial charge is 0.466 e. The number of rotatable bonds is 6. The molecule has 2 aliphatic rings. The first-order chi connectivity index (χ1) is 15.7. The summed E-state index contributed by atoms with van der Waals surface area (Å²) in [5.74, 6) is 0.412. The summed E-state index contributed by atoms with van der Waals surface area (Å²) in [5.41, 5.74) is 9.34. The van der Waals surface area contributed by atoms with Gasteiger partial charge in [-0.1, -0.05) is 12.1 Å². The van der Waals surface area contributed by atoms with Crippen LogP contribution in [0.5, 0.6) is 5.88 Å². The van der Waals surface area contributed by atoms with Gasteiger partial charge in [-0.05, 0) is 57.2 Å². The van der Waals surface area contributed by atoms with E-state index in [1.807, 2.05) is 37.6 Å². The summed E-state index contributed by atoms with van der Waals surface area (Å²) in [6.45, 7) is 5.79. The molecule has 0 bridgehead atoms. The van der Waals surface area contributed by atoms with Crippen LogP contribution in [-0.2, 0) is 20.7 Å². The second-order valence-corrected chi connectivity index (χ2v) is 9.48. The molecule has 33 heavy (non-hydrogen) atoms. The predicted molar refractivity (Wildman–Crippen MR) is 121 cm³/mol. The number of hydrogen-bond acceptors (Lipinski definition) is 7. The number of fused-ring (bicyclic) bond motifs is 1. The summed E-state index contributed by atoms with van der Waals surface area (Å²) < 4.78 is 17.9. The summed E-state index contributed by atoms with van der Waals surface area (Å²) in [6, 6.07) is 7.86. The van der Waals surface area contributed by atoms with Gasteiger partial charge in [-0.3, -0.25) is 4.90 Å². The normalized spacial score (nSPS) is 18.0. The fourth-order valence-electron chi connectivity index (χ4n) is 4.15. The number of amides is 1. The number of ether oxygens (including phenoxy) is 3. The zero-order valence-electron chi connectivity index (χ0n) is 19.7. The van der Waals surface area contributed by atoms with Crippen LogP contribution in [0.4, 0.5) is 4.79 Å². The van der Waals surface area contributed by atoms with Crippen molar-refractivity contribution in [3.05, 3.63) is 41.1 Å². The van der Waals surface area contributed by atoms with Gasteiger partial charge in [0.15, 0.2) is 6.61 Å². The molecule has 9 heteroatoms. The van der Waals surface area contributed by atoms with E-state index >= 15 is 0 Å². The summed E-state index contributed by atoms with van der Waals surface area (Å²) in [4.78, 5) is 26.2. The van der Waals surface area contributed by atoms with E-state index < -0.39 is 23.7 Å². The lowest BCUT2D eigenvalue weighted by molar-refractivity contribution is -0.143. The number of methoxy groups -OCH3 is 1. The molecule has 0 saturated heterocycles. The van der Waals surface area contributed by atoms with Crippen LogP contribution in [0.25, 0.3) is 5.69 Å². The Labute approximate surface area is 193 Å². The van der Waals surface area contributed by atoms with Gasteiger partial charge in [0.1, 0.15) is 5.60 Å². The lowest BCUT2D eigenvalue weighted by atomic mass is 9.98. The molecule has 1 saturated carbocycles. The Morgan fingerprint density at radius 2 is 1.88 bits per heavy atom. The number of aromatic nitrogens is 2. The van der Waals surface area contributed by atoms with Gasteiger partial charge in [-0.25, -0.2) is 14.3 Å². The molecule has 1 amide bonds. The topological polar surface area (TPSA) is 109 Å². The van der Waals surface area contributed by atoms with Crippen LogP contribution in [0, 0.1) is 0 Å². The van der Waals surface area contributed by atoms with Crippen molar-refractivity contribution >= 4 is 12.1 Å². The monoisotopic (exact) mass is 456 g/mol. The third-order valence-corrected chi connectivity index (χ3v) is 5.88. The average Bonchev–Trinajstić information content (AvgIpc) is 3.57. The summed E-state index contributed by atoms with van der Waals surface area (Å²) in [6.07, 6.45) is 2.58. The van der Waals surface area contributed by atoms with Gasteiger partial charge < -0.3 is 19.9 Å². The fourth-order valence-corrected chi connectivity index (χ4v) is 4.15. The van der Waals surface area contributed by atoms with Crippen molar-refractivity contribution < 1.29 is 23.8 Å². The van der Waals surface area contributed by atoms with E-state index in [1.165, 1.54) is 25.5 Å². The molecular formula is C24H32N4O5. The zero-order chi connectivity index (χ0) is 23.8. The van der Waals surface area contributed by atoms with Crippen LogP contribution in [-0.4, -0.2) is 59.2 Å². The summed E-state index contributed by atoms with van der Waals surface area (Å²) >= 11 is 0. The van der Waals surface area contributed by atoms with E-state index in [1.54, 1.807) is 4.90 Å². The van der Waals surface area contributed by atoms with Gasteiger partial charge in [0.05, 0.1) is 30.1 Å². The Kier molecular flexibility index (Phi) is 6.34. The number of benzene rings is 1. The molecule has 0 radical (unpaired) electrons. The molecule has 1 atom stereocenters. The number of nitrogens with zero attached hydrogens (tertiary/aromatic N) is 3. The van der Waals surface area contributed by atoms with Crippen LogP contribution in [0.3, 0.4) is 0 Å². The van der Waals surface area contributed by atoms with E-state index in [0.717, 1.165) is 11.4 Å². The standard InChI is InChI=1S/C24H32N4O5/c1-24(2,3)33-23(30)27-12-11-18-21(19(27)13-25)22(32-14-20(29)31-4)26-28(18)17-9-7-16(8-10-17)15-5-6-15/h7-10,15,19H,5-6,11-14,25H2,1-4H3/t19-/m0/s1. The van der Waals surface area contributed by atoms with Gasteiger partial charge in [0, 0.05) is 19.5 Å². The Bertz CT molecular complexity index is 1020. The van der Waals surface area contributed by atoms with Crippen LogP contribution in [0.1, 0.15) is 62.4 Å². The third-order valence-electron chi connectivity index (χ3n) is 5.88. The van der Waals surface area contributed by atoms with E-state index in [-0.39, 0.29) is 19.0 Å². The van der Waals surface area contributed by atoms with Crippen molar-refractivity contribution in [2.24, 2.45) is 5.73 Å². The van der Waals surface area contributed by atoms with Crippen LogP contribution in [0.2, 0.25) is 0 Å². The van der Waals surface area contributed by atoms with Gasteiger partial charge in [-0.15, -0.1) is 5.10 Å². The molecule has 4 rings (SSSR count). The molecule has 9 nitrogen and oxygen atoms in total. The number of esters is 1. The van der Waals surface area contributed by atoms with Gasteiger partial charge in [0.25, 0.3) is 0 Å². The van der Waals surface area contributed by atoms with Crippen LogP contribution >= 0.6 is 0 Å². The molecule has 2 heterocycles. The maximum Gasteiger partial charge on any atom is 0.410 e. The van der Waals surface area contributed by atoms with Gasteiger partial charge in [0.2, 0.25) is 5.88 Å². The van der Waals surface area contributed by atoms with Crippen LogP contribution in [0.15, 0.2) is 24.3 Å². The number of hydrogen-bond donors (Lipinski definition) is 1. The molecule has 2 aromatic rings. The van der Waals surface area contributed by atoms with Crippen molar-refractivity contribution in [1.82, 2.24) is 14.7 Å². The highest BCUT2D eigenvalue weighted by Gasteiger charge is 2.38. The van der Waals surface area contributed by atoms with E-state index in [4.69, 9.17) is 19.9 Å². The fraction of sp³-hybridized carbons (Fsp3) is 0.542. The molecule has 1 fully saturated rings. The number of carbonyl (C=O) groups is 2. The first-order valence-corrected chi connectivity index (χ1v) is 11.3. The first kappa shape index (κ1) is 23.1. The maximum absolute atomic E-state index is 12.9. The van der Waals surface area contributed by atoms with Gasteiger partial charge >= 0.3 is 12.1 Å². The highest BCUT2D eigenvalue weighted by molar-refractivity contribution is 5.71. The highest BCUT2D eigenvalue weighted by Crippen LogP contribution is 2.41. The Morgan fingerprint density at radius 3 is 2.45 bits per heavy atom. The minimum Gasteiger partial charge on any atom is -0.466 e. The highest BCUT2D eigenvalue weighted by atomic mass is 16.6. The Balaban J connectivity index is 1.71. The smallest absolute Gasteiger partial charge is 0.410 e. The molecular weight excluding hydrogens is 424 g/mol. The quantitative estimate of drug-likeness (QED) is 0.665. The molecule has 0 unspecified atom stereocenters. The zero-order valence-corrected chi connectivity index (χ0v) is 19.7. The maximum atomic E-state index is 12.9. The summed E-state index contributed by atoms with van der Waals surface area (Å²) in [7, 11) is 1.30. The molecule has 0 spiro atoms. The van der Waals surface area contributed by atoms with Crippen molar-refractivity contribution in [2.75, 3.05) is 26.8 Å². The SMILES string of the molecule is COC(=O)COc1nn(-c2ccc(C3CC3)cc2)c2c1[C@H](CN)N(C(=O)OC(C)(C)C)CC2. The molecule has 1 aromatic heterocycles. The molecule has 178 valence electrons. The third kappa shape index (κ3) is 4.98. The molecule has 1 aromatic carbocycles. The lowest BCUT2D eigenvalue weighted by Gasteiger charge is -2.36. The Hall–Kier alpha value is -3.07.